The molecule has 0 amide bonds. The van der Waals surface area contributed by atoms with Crippen LogP contribution < -0.4 is 4.74 Å². The lowest BCUT2D eigenvalue weighted by atomic mass is 9.66. The van der Waals surface area contributed by atoms with Gasteiger partial charge in [0.25, 0.3) is 0 Å². The largest absolute Gasteiger partial charge is 0.457 e. The van der Waals surface area contributed by atoms with Crippen LogP contribution in [0.25, 0.3) is 75.5 Å². The van der Waals surface area contributed by atoms with Crippen LogP contribution in [0.2, 0.25) is 0 Å². The molecule has 0 saturated carbocycles. The van der Waals surface area contributed by atoms with Crippen molar-refractivity contribution in [3.05, 3.63) is 192 Å². The molecule has 0 radical (unpaired) electrons. The molecule has 1 aliphatic carbocycles. The zero-order valence-corrected chi connectivity index (χ0v) is 28.7. The molecule has 0 bridgehead atoms. The molecule has 0 fully saturated rings. The molecule has 8 aromatic carbocycles. The highest BCUT2D eigenvalue weighted by Crippen LogP contribution is 2.62. The lowest BCUT2D eigenvalue weighted by molar-refractivity contribution is 0.436. The van der Waals surface area contributed by atoms with E-state index in [1.165, 1.54) is 70.2 Å². The molecule has 242 valence electrons. The van der Waals surface area contributed by atoms with Gasteiger partial charge in [0.2, 0.25) is 0 Å². The van der Waals surface area contributed by atoms with Crippen LogP contribution in [0.5, 0.6) is 11.5 Å². The van der Waals surface area contributed by atoms with Gasteiger partial charge in [-0.3, -0.25) is 0 Å². The van der Waals surface area contributed by atoms with Crippen molar-refractivity contribution in [3.63, 3.8) is 0 Å². The number of benzene rings is 8. The maximum atomic E-state index is 6.79. The maximum absolute atomic E-state index is 6.79. The van der Waals surface area contributed by atoms with Gasteiger partial charge in [-0.2, -0.15) is 0 Å². The van der Waals surface area contributed by atoms with Crippen molar-refractivity contribution in [2.75, 3.05) is 0 Å². The minimum Gasteiger partial charge on any atom is -0.457 e. The fourth-order valence-electron chi connectivity index (χ4n) is 9.08. The van der Waals surface area contributed by atoms with E-state index in [-0.39, 0.29) is 0 Å². The smallest absolute Gasteiger partial charge is 0.135 e. The zero-order chi connectivity index (χ0) is 34.0. The summed E-state index contributed by atoms with van der Waals surface area (Å²) in [6.07, 6.45) is 0. The predicted octanol–water partition coefficient (Wildman–Crippen LogP) is 13.8. The molecule has 3 heterocycles. The van der Waals surface area contributed by atoms with Gasteiger partial charge in [0.15, 0.2) is 0 Å². The predicted molar refractivity (Wildman–Crippen MR) is 215 cm³/mol. The summed E-state index contributed by atoms with van der Waals surface area (Å²) in [6.45, 7) is 0. The summed E-state index contributed by atoms with van der Waals surface area (Å²) < 4.78 is 15.4. The SMILES string of the molecule is c1ccc2c(c1)Oc1cc(-c3ccc4c(c3)sc3cc(-c5ccc6oc7ccccc7c6c5)ccc34)ccc1C21c2ccccc2-c2ccccc21. The topological polar surface area (TPSA) is 22.4 Å². The van der Waals surface area contributed by atoms with E-state index in [2.05, 4.69) is 158 Å². The Morgan fingerprint density at radius 1 is 0.365 bits per heavy atom. The van der Waals surface area contributed by atoms with Gasteiger partial charge in [-0.1, -0.05) is 127 Å². The van der Waals surface area contributed by atoms with Crippen molar-refractivity contribution in [1.29, 1.82) is 0 Å². The van der Waals surface area contributed by atoms with Crippen LogP contribution in [0.4, 0.5) is 0 Å². The number of hydrogen-bond acceptors (Lipinski definition) is 3. The van der Waals surface area contributed by atoms with Crippen LogP contribution >= 0.6 is 11.3 Å². The van der Waals surface area contributed by atoms with E-state index < -0.39 is 5.41 Å². The van der Waals surface area contributed by atoms with Gasteiger partial charge >= 0.3 is 0 Å². The van der Waals surface area contributed by atoms with Gasteiger partial charge in [-0.05, 0) is 87.0 Å². The van der Waals surface area contributed by atoms with E-state index in [0.717, 1.165) is 39.0 Å². The second-order valence-electron chi connectivity index (χ2n) is 14.0. The number of thiophene rings is 1. The van der Waals surface area contributed by atoms with E-state index in [4.69, 9.17) is 9.15 Å². The molecule has 12 rings (SSSR count). The summed E-state index contributed by atoms with van der Waals surface area (Å²) in [5.74, 6) is 1.82. The fraction of sp³-hybridized carbons (Fsp3) is 0.0204. The Hall–Kier alpha value is -6.42. The summed E-state index contributed by atoms with van der Waals surface area (Å²) in [4.78, 5) is 0. The lowest BCUT2D eigenvalue weighted by Crippen LogP contribution is -2.32. The Morgan fingerprint density at radius 3 is 1.65 bits per heavy atom. The number of fused-ring (bicyclic) bond motifs is 15. The quantitative estimate of drug-likeness (QED) is 0.181. The summed E-state index contributed by atoms with van der Waals surface area (Å²) in [6, 6.07) is 61.7. The third kappa shape index (κ3) is 3.73. The summed E-state index contributed by atoms with van der Waals surface area (Å²) in [5, 5.41) is 4.88. The van der Waals surface area contributed by atoms with Crippen LogP contribution in [0, 0.1) is 0 Å². The third-order valence-electron chi connectivity index (χ3n) is 11.4. The number of para-hydroxylation sites is 2. The van der Waals surface area contributed by atoms with Crippen molar-refractivity contribution in [2.45, 2.75) is 5.41 Å². The second-order valence-corrected chi connectivity index (χ2v) is 15.1. The first-order valence-electron chi connectivity index (χ1n) is 17.7. The van der Waals surface area contributed by atoms with E-state index in [1.54, 1.807) is 0 Å². The molecule has 2 aromatic heterocycles. The molecule has 3 heteroatoms. The minimum absolute atomic E-state index is 0.446. The molecule has 2 aliphatic rings. The second kappa shape index (κ2) is 10.3. The van der Waals surface area contributed by atoms with Crippen LogP contribution in [-0.2, 0) is 5.41 Å². The minimum atomic E-state index is -0.446. The Balaban J connectivity index is 0.977. The van der Waals surface area contributed by atoms with Crippen molar-refractivity contribution in [3.8, 4) is 44.9 Å². The average Bonchev–Trinajstić information content (AvgIpc) is 3.85. The third-order valence-corrected chi connectivity index (χ3v) is 12.5. The van der Waals surface area contributed by atoms with Crippen molar-refractivity contribution >= 4 is 53.4 Å². The number of rotatable bonds is 2. The first-order chi connectivity index (χ1) is 25.7. The molecule has 10 aromatic rings. The maximum Gasteiger partial charge on any atom is 0.135 e. The molecule has 52 heavy (non-hydrogen) atoms. The molecule has 0 N–H and O–H groups in total. The van der Waals surface area contributed by atoms with Crippen LogP contribution in [0.1, 0.15) is 22.3 Å². The number of furan rings is 1. The van der Waals surface area contributed by atoms with E-state index in [9.17, 15) is 0 Å². The van der Waals surface area contributed by atoms with Gasteiger partial charge in [-0.25, -0.2) is 0 Å². The van der Waals surface area contributed by atoms with Crippen LogP contribution in [0.3, 0.4) is 0 Å². The molecule has 1 spiro atoms. The fourth-order valence-corrected chi connectivity index (χ4v) is 10.3. The summed E-state index contributed by atoms with van der Waals surface area (Å²) in [7, 11) is 0. The Morgan fingerprint density at radius 2 is 0.904 bits per heavy atom. The Labute approximate surface area is 303 Å². The first kappa shape index (κ1) is 28.3. The van der Waals surface area contributed by atoms with Crippen LogP contribution in [-0.4, -0.2) is 0 Å². The summed E-state index contributed by atoms with van der Waals surface area (Å²) in [5.41, 5.74) is 13.7. The highest BCUT2D eigenvalue weighted by atomic mass is 32.1. The van der Waals surface area contributed by atoms with Crippen LogP contribution in [0.15, 0.2) is 174 Å². The van der Waals surface area contributed by atoms with E-state index in [0.29, 0.717) is 0 Å². The van der Waals surface area contributed by atoms with Gasteiger partial charge < -0.3 is 9.15 Å². The van der Waals surface area contributed by atoms with E-state index >= 15 is 0 Å². The number of hydrogen-bond donors (Lipinski definition) is 0. The van der Waals surface area contributed by atoms with E-state index in [1.807, 2.05) is 23.5 Å². The molecule has 2 nitrogen and oxygen atoms in total. The highest BCUT2D eigenvalue weighted by molar-refractivity contribution is 7.25. The van der Waals surface area contributed by atoms with Crippen molar-refractivity contribution in [1.82, 2.24) is 0 Å². The first-order valence-corrected chi connectivity index (χ1v) is 18.6. The van der Waals surface area contributed by atoms with Gasteiger partial charge in [0.05, 0.1) is 5.41 Å². The van der Waals surface area contributed by atoms with Gasteiger partial charge in [0.1, 0.15) is 22.7 Å². The van der Waals surface area contributed by atoms with Crippen molar-refractivity contribution < 1.29 is 9.15 Å². The zero-order valence-electron chi connectivity index (χ0n) is 27.9. The van der Waals surface area contributed by atoms with Gasteiger partial charge in [0, 0.05) is 42.1 Å². The van der Waals surface area contributed by atoms with Crippen molar-refractivity contribution in [2.24, 2.45) is 0 Å². The molecule has 0 saturated heterocycles. The summed E-state index contributed by atoms with van der Waals surface area (Å²) >= 11 is 1.86. The normalized spacial score (nSPS) is 13.7. The highest BCUT2D eigenvalue weighted by Gasteiger charge is 2.50. The lowest BCUT2D eigenvalue weighted by Gasteiger charge is -2.39. The molecule has 0 atom stereocenters. The Bertz CT molecular complexity index is 3080. The molecule has 0 unspecified atom stereocenters. The average molecular weight is 681 g/mol. The molecular weight excluding hydrogens is 653 g/mol. The number of ether oxygens (including phenoxy) is 1. The Kier molecular flexibility index (Phi) is 5.62. The standard InChI is InChI=1S/C49H28O2S/c1-4-12-39-33(9-1)34-10-2-5-13-40(34)49(39)41-14-6-8-16-45(41)51-46-26-30(19-23-42(46)49)32-18-22-37-36-21-17-31(27-47(36)52-48(37)28-32)29-20-24-44-38(25-29)35-11-3-7-15-43(35)50-44/h1-28H. The van der Waals surface area contributed by atoms with Gasteiger partial charge in [-0.15, -0.1) is 11.3 Å². The molecule has 1 aliphatic heterocycles. The monoisotopic (exact) mass is 680 g/mol. The molecular formula is C49H28O2S.